The van der Waals surface area contributed by atoms with E-state index in [2.05, 4.69) is 63.2 Å². The largest absolute Gasteiger partial charge is 0.495 e. The first-order valence-electron chi connectivity index (χ1n) is 13.0. The Morgan fingerprint density at radius 2 is 1.64 bits per heavy atom. The van der Waals surface area contributed by atoms with Crippen LogP contribution >= 0.6 is 0 Å². The minimum atomic E-state index is -0.520. The van der Waals surface area contributed by atoms with Crippen LogP contribution in [0.3, 0.4) is 0 Å². The van der Waals surface area contributed by atoms with Gasteiger partial charge in [-0.05, 0) is 54.3 Å². The summed E-state index contributed by atoms with van der Waals surface area (Å²) in [6, 6.07) is 25.2. The molecule has 5 rings (SSSR count). The molecule has 0 spiro atoms. The van der Waals surface area contributed by atoms with E-state index in [0.29, 0.717) is 13.2 Å². The van der Waals surface area contributed by atoms with E-state index in [1.165, 1.54) is 16.8 Å². The molecule has 0 saturated carbocycles. The molecule has 1 unspecified atom stereocenters. The zero-order valence-electron chi connectivity index (χ0n) is 21.2. The van der Waals surface area contributed by atoms with Crippen LogP contribution in [0.4, 0.5) is 11.4 Å². The van der Waals surface area contributed by atoms with Crippen LogP contribution in [-0.4, -0.2) is 69.1 Å². The molecule has 3 aromatic rings. The van der Waals surface area contributed by atoms with Crippen LogP contribution in [0.5, 0.6) is 11.5 Å². The SMILES string of the molecule is COc1ccccc1N1CCN(CC(O)COc2ccc3c(c2)CCCN3Cc2ccccc2)CC1. The Kier molecular flexibility index (Phi) is 7.94. The Balaban J connectivity index is 1.10. The number of aryl methyl sites for hydroxylation is 1. The fraction of sp³-hybridized carbons (Fsp3) is 0.400. The van der Waals surface area contributed by atoms with Crippen LogP contribution in [0.1, 0.15) is 17.5 Å². The monoisotopic (exact) mass is 487 g/mol. The van der Waals surface area contributed by atoms with Gasteiger partial charge in [0.15, 0.2) is 0 Å². The topological polar surface area (TPSA) is 48.4 Å². The second-order valence-electron chi connectivity index (χ2n) is 9.73. The highest BCUT2D eigenvalue weighted by atomic mass is 16.5. The van der Waals surface area contributed by atoms with Gasteiger partial charge in [0.05, 0.1) is 12.8 Å². The molecule has 2 aliphatic heterocycles. The van der Waals surface area contributed by atoms with Gasteiger partial charge in [-0.2, -0.15) is 0 Å². The van der Waals surface area contributed by atoms with Crippen molar-refractivity contribution in [1.29, 1.82) is 0 Å². The molecule has 0 aliphatic carbocycles. The molecule has 0 bridgehead atoms. The van der Waals surface area contributed by atoms with Gasteiger partial charge in [0, 0.05) is 51.5 Å². The van der Waals surface area contributed by atoms with Crippen LogP contribution in [0.15, 0.2) is 72.8 Å². The number of fused-ring (bicyclic) bond motifs is 1. The Morgan fingerprint density at radius 1 is 0.861 bits per heavy atom. The molecule has 1 N–H and O–H groups in total. The first-order chi connectivity index (χ1) is 17.7. The third-order valence-electron chi connectivity index (χ3n) is 7.19. The second kappa shape index (κ2) is 11.7. The van der Waals surface area contributed by atoms with Crippen LogP contribution in [0, 0.1) is 0 Å². The predicted molar refractivity (Wildman–Crippen MR) is 145 cm³/mol. The number of aliphatic hydroxyl groups is 1. The number of rotatable bonds is 9. The summed E-state index contributed by atoms with van der Waals surface area (Å²) in [5.41, 5.74) is 5.10. The van der Waals surface area contributed by atoms with Crippen LogP contribution < -0.4 is 19.3 Å². The van der Waals surface area contributed by atoms with Crippen molar-refractivity contribution in [3.8, 4) is 11.5 Å². The van der Waals surface area contributed by atoms with E-state index < -0.39 is 6.10 Å². The average molecular weight is 488 g/mol. The second-order valence-corrected chi connectivity index (χ2v) is 9.73. The van der Waals surface area contributed by atoms with E-state index >= 15 is 0 Å². The number of ether oxygens (including phenoxy) is 2. The highest BCUT2D eigenvalue weighted by Crippen LogP contribution is 2.32. The molecule has 36 heavy (non-hydrogen) atoms. The highest BCUT2D eigenvalue weighted by Gasteiger charge is 2.22. The zero-order valence-corrected chi connectivity index (χ0v) is 21.2. The third-order valence-corrected chi connectivity index (χ3v) is 7.19. The first-order valence-corrected chi connectivity index (χ1v) is 13.0. The summed E-state index contributed by atoms with van der Waals surface area (Å²) in [5, 5.41) is 10.7. The van der Waals surface area contributed by atoms with Gasteiger partial charge < -0.3 is 24.4 Å². The fourth-order valence-electron chi connectivity index (χ4n) is 5.31. The quantitative estimate of drug-likeness (QED) is 0.488. The maximum atomic E-state index is 10.7. The van der Waals surface area contributed by atoms with E-state index in [-0.39, 0.29) is 0 Å². The molecular weight excluding hydrogens is 450 g/mol. The predicted octanol–water partition coefficient (Wildman–Crippen LogP) is 4.21. The summed E-state index contributed by atoms with van der Waals surface area (Å²) < 4.78 is 11.5. The molecule has 0 radical (unpaired) electrons. The summed E-state index contributed by atoms with van der Waals surface area (Å²) in [6.07, 6.45) is 1.69. The number of benzene rings is 3. The van der Waals surface area contributed by atoms with E-state index in [0.717, 1.165) is 69.3 Å². The van der Waals surface area contributed by atoms with Crippen molar-refractivity contribution in [1.82, 2.24) is 4.90 Å². The molecule has 6 heteroatoms. The third kappa shape index (κ3) is 5.94. The van der Waals surface area contributed by atoms with Gasteiger partial charge in [-0.3, -0.25) is 4.90 Å². The summed E-state index contributed by atoms with van der Waals surface area (Å²) in [5.74, 6) is 1.75. The molecule has 0 amide bonds. The lowest BCUT2D eigenvalue weighted by Gasteiger charge is -2.37. The average Bonchev–Trinajstić information content (AvgIpc) is 2.93. The van der Waals surface area contributed by atoms with Crippen molar-refractivity contribution >= 4 is 11.4 Å². The van der Waals surface area contributed by atoms with Gasteiger partial charge in [0.2, 0.25) is 0 Å². The molecule has 3 aromatic carbocycles. The smallest absolute Gasteiger partial charge is 0.142 e. The molecular formula is C30H37N3O3. The van der Waals surface area contributed by atoms with E-state index in [1.807, 2.05) is 24.3 Å². The lowest BCUT2D eigenvalue weighted by atomic mass is 10.0. The molecule has 1 saturated heterocycles. The number of hydrogen-bond donors (Lipinski definition) is 1. The fourth-order valence-corrected chi connectivity index (χ4v) is 5.31. The van der Waals surface area contributed by atoms with Crippen molar-refractivity contribution in [2.45, 2.75) is 25.5 Å². The van der Waals surface area contributed by atoms with E-state index in [1.54, 1.807) is 7.11 Å². The van der Waals surface area contributed by atoms with Gasteiger partial charge in [0.25, 0.3) is 0 Å². The van der Waals surface area contributed by atoms with Gasteiger partial charge in [-0.25, -0.2) is 0 Å². The van der Waals surface area contributed by atoms with Crippen molar-refractivity contribution in [3.63, 3.8) is 0 Å². The van der Waals surface area contributed by atoms with E-state index in [4.69, 9.17) is 9.47 Å². The minimum Gasteiger partial charge on any atom is -0.495 e. The number of aliphatic hydroxyl groups excluding tert-OH is 1. The highest BCUT2D eigenvalue weighted by molar-refractivity contribution is 5.59. The van der Waals surface area contributed by atoms with Gasteiger partial charge in [-0.1, -0.05) is 42.5 Å². The van der Waals surface area contributed by atoms with Gasteiger partial charge >= 0.3 is 0 Å². The molecule has 1 fully saturated rings. The Bertz CT molecular complexity index is 1120. The van der Waals surface area contributed by atoms with Gasteiger partial charge in [-0.15, -0.1) is 0 Å². The van der Waals surface area contributed by atoms with Crippen LogP contribution in [0.25, 0.3) is 0 Å². The first kappa shape index (κ1) is 24.5. The number of anilines is 2. The van der Waals surface area contributed by atoms with Crippen LogP contribution in [0.2, 0.25) is 0 Å². The Labute approximate surface area is 214 Å². The molecule has 6 nitrogen and oxygen atoms in total. The maximum Gasteiger partial charge on any atom is 0.142 e. The lowest BCUT2D eigenvalue weighted by Crippen LogP contribution is -2.49. The van der Waals surface area contributed by atoms with Crippen molar-refractivity contribution in [2.24, 2.45) is 0 Å². The standard InChI is InChI=1S/C30H37N3O3/c1-35-30-12-6-5-11-29(30)32-18-16-31(17-19-32)22-26(34)23-36-27-13-14-28-25(20-27)10-7-15-33(28)21-24-8-3-2-4-9-24/h2-6,8-9,11-14,20,26,34H,7,10,15-19,21-23H2,1H3. The maximum absolute atomic E-state index is 10.7. The summed E-state index contributed by atoms with van der Waals surface area (Å²) in [4.78, 5) is 7.12. The number of hydrogen-bond acceptors (Lipinski definition) is 6. The molecule has 1 atom stereocenters. The Morgan fingerprint density at radius 3 is 2.44 bits per heavy atom. The lowest BCUT2D eigenvalue weighted by molar-refractivity contribution is 0.0662. The van der Waals surface area contributed by atoms with E-state index in [9.17, 15) is 5.11 Å². The molecule has 2 heterocycles. The normalized spacial score (nSPS) is 16.9. The molecule has 190 valence electrons. The summed E-state index contributed by atoms with van der Waals surface area (Å²) in [7, 11) is 1.72. The van der Waals surface area contributed by atoms with Crippen molar-refractivity contribution in [2.75, 3.05) is 62.8 Å². The Hall–Kier alpha value is -3.22. The van der Waals surface area contributed by atoms with Crippen molar-refractivity contribution in [3.05, 3.63) is 83.9 Å². The minimum absolute atomic E-state index is 0.305. The molecule has 2 aliphatic rings. The number of piperazine rings is 1. The number of para-hydroxylation sites is 2. The summed E-state index contributed by atoms with van der Waals surface area (Å²) in [6.45, 7) is 6.57. The number of methoxy groups -OCH3 is 1. The van der Waals surface area contributed by atoms with Crippen LogP contribution in [-0.2, 0) is 13.0 Å². The van der Waals surface area contributed by atoms with Crippen molar-refractivity contribution < 1.29 is 14.6 Å². The zero-order chi connectivity index (χ0) is 24.7. The van der Waals surface area contributed by atoms with Gasteiger partial charge in [0.1, 0.15) is 24.2 Å². The number of β-amino-alcohol motifs (C(OH)–C–C–N with tert-alkyl or cyclic N) is 1. The summed E-state index contributed by atoms with van der Waals surface area (Å²) >= 11 is 0. The number of nitrogens with zero attached hydrogens (tertiary/aromatic N) is 3. The molecule has 0 aromatic heterocycles.